The summed E-state index contributed by atoms with van der Waals surface area (Å²) in [5.41, 5.74) is 6.30. The summed E-state index contributed by atoms with van der Waals surface area (Å²) in [4.78, 5) is 17.1. The van der Waals surface area contributed by atoms with Gasteiger partial charge in [-0.2, -0.15) is 13.2 Å². The molecule has 36 heavy (non-hydrogen) atoms. The standard InChI is InChI=1S/C24H22F3N3O4S2/c1-14(16-5-3-4-6-17(16)24(25,26)27)34-19-9-20(35-21(19)10-22(28)31)18-11-29-23-8-7-15(12-30(18)23)13-36(2,32)33/h3-9,11-12,14H,10,13H2,1-2H3,(H2,28,31). The van der Waals surface area contributed by atoms with E-state index in [0.717, 1.165) is 12.3 Å². The highest BCUT2D eigenvalue weighted by atomic mass is 32.2. The SMILES string of the molecule is CC(Oc1cc(-c2cnc3ccc(CS(C)(=O)=O)cn23)sc1CC(N)=O)c1ccccc1C(F)(F)F. The molecule has 0 aliphatic heterocycles. The van der Waals surface area contributed by atoms with Gasteiger partial charge in [0.05, 0.1) is 39.4 Å². The predicted octanol–water partition coefficient (Wildman–Crippen LogP) is 4.79. The topological polar surface area (TPSA) is 104 Å². The Hall–Kier alpha value is -3.38. The summed E-state index contributed by atoms with van der Waals surface area (Å²) in [5, 5.41) is 0. The summed E-state index contributed by atoms with van der Waals surface area (Å²) in [6.07, 6.45) is -1.29. The fourth-order valence-electron chi connectivity index (χ4n) is 3.88. The number of nitrogens with two attached hydrogens (primary N) is 1. The van der Waals surface area contributed by atoms with E-state index in [9.17, 15) is 26.4 Å². The lowest BCUT2D eigenvalue weighted by atomic mass is 10.0. The normalized spacial score (nSPS) is 13.1. The number of sulfone groups is 1. The Morgan fingerprint density at radius 3 is 2.61 bits per heavy atom. The minimum absolute atomic E-state index is 0.0389. The van der Waals surface area contributed by atoms with Crippen LogP contribution >= 0.6 is 11.3 Å². The zero-order chi connectivity index (χ0) is 26.3. The maximum Gasteiger partial charge on any atom is 0.416 e. The van der Waals surface area contributed by atoms with Crippen LogP contribution in [0.25, 0.3) is 16.2 Å². The van der Waals surface area contributed by atoms with E-state index in [4.69, 9.17) is 10.5 Å². The molecule has 2 N–H and O–H groups in total. The number of aromatic nitrogens is 2. The molecule has 0 aliphatic carbocycles. The van der Waals surface area contributed by atoms with Gasteiger partial charge in [0.1, 0.15) is 17.5 Å². The summed E-state index contributed by atoms with van der Waals surface area (Å²) < 4.78 is 71.7. The maximum atomic E-state index is 13.5. The Bertz CT molecular complexity index is 1540. The number of amides is 1. The van der Waals surface area contributed by atoms with Gasteiger partial charge in [0.2, 0.25) is 5.91 Å². The van der Waals surface area contributed by atoms with Crippen LogP contribution in [0.15, 0.2) is 54.9 Å². The average Bonchev–Trinajstić information content (AvgIpc) is 3.35. The molecule has 0 aliphatic rings. The van der Waals surface area contributed by atoms with E-state index in [1.807, 2.05) is 0 Å². The van der Waals surface area contributed by atoms with Crippen LogP contribution in [-0.2, 0) is 33.0 Å². The van der Waals surface area contributed by atoms with Gasteiger partial charge in [0.25, 0.3) is 0 Å². The van der Waals surface area contributed by atoms with Crippen molar-refractivity contribution >= 4 is 32.7 Å². The Labute approximate surface area is 209 Å². The zero-order valence-electron chi connectivity index (χ0n) is 19.2. The van der Waals surface area contributed by atoms with Gasteiger partial charge in [-0.3, -0.25) is 9.20 Å². The van der Waals surface area contributed by atoms with Crippen molar-refractivity contribution in [3.8, 4) is 16.3 Å². The lowest BCUT2D eigenvalue weighted by molar-refractivity contribution is -0.139. The van der Waals surface area contributed by atoms with Gasteiger partial charge in [0, 0.05) is 24.1 Å². The van der Waals surface area contributed by atoms with E-state index >= 15 is 0 Å². The van der Waals surface area contributed by atoms with Gasteiger partial charge in [-0.15, -0.1) is 11.3 Å². The Kier molecular flexibility index (Phi) is 6.84. The van der Waals surface area contributed by atoms with Crippen molar-refractivity contribution in [2.45, 2.75) is 31.4 Å². The third-order valence-electron chi connectivity index (χ3n) is 5.36. The van der Waals surface area contributed by atoms with Gasteiger partial charge in [0.15, 0.2) is 9.84 Å². The van der Waals surface area contributed by atoms with E-state index in [2.05, 4.69) is 4.98 Å². The number of nitrogens with zero attached hydrogens (tertiary/aromatic N) is 2. The second-order valence-corrected chi connectivity index (χ2v) is 11.6. The van der Waals surface area contributed by atoms with Crippen molar-refractivity contribution < 1.29 is 31.1 Å². The number of rotatable bonds is 8. The number of ether oxygens (including phenoxy) is 1. The van der Waals surface area contributed by atoms with E-state index in [-0.39, 0.29) is 23.5 Å². The Morgan fingerprint density at radius 2 is 1.94 bits per heavy atom. The van der Waals surface area contributed by atoms with Gasteiger partial charge in [-0.05, 0) is 24.6 Å². The minimum Gasteiger partial charge on any atom is -0.485 e. The third kappa shape index (κ3) is 5.71. The molecule has 0 bridgehead atoms. The van der Waals surface area contributed by atoms with E-state index in [1.54, 1.807) is 35.0 Å². The highest BCUT2D eigenvalue weighted by Crippen LogP contribution is 2.41. The third-order valence-corrected chi connectivity index (χ3v) is 7.36. The van der Waals surface area contributed by atoms with Gasteiger partial charge in [-0.1, -0.05) is 24.3 Å². The molecule has 0 fully saturated rings. The summed E-state index contributed by atoms with van der Waals surface area (Å²) in [6.45, 7) is 1.50. The number of carbonyl (C=O) groups excluding carboxylic acids is 1. The van der Waals surface area contributed by atoms with Crippen molar-refractivity contribution in [3.05, 3.63) is 76.4 Å². The molecule has 1 unspecified atom stereocenters. The fourth-order valence-corrected chi connectivity index (χ4v) is 5.76. The first-order valence-corrected chi connectivity index (χ1v) is 13.6. The molecule has 4 rings (SSSR count). The smallest absolute Gasteiger partial charge is 0.416 e. The lowest BCUT2D eigenvalue weighted by Gasteiger charge is -2.19. The number of benzene rings is 1. The minimum atomic E-state index is -4.55. The first-order chi connectivity index (χ1) is 16.8. The summed E-state index contributed by atoms with van der Waals surface area (Å²) >= 11 is 1.20. The molecule has 1 amide bonds. The first kappa shape index (κ1) is 25.7. The molecule has 1 aromatic carbocycles. The highest BCUT2D eigenvalue weighted by molar-refractivity contribution is 7.89. The number of halogens is 3. The molecule has 4 aromatic rings. The van der Waals surface area contributed by atoms with Crippen molar-refractivity contribution in [1.29, 1.82) is 0 Å². The molecule has 0 radical (unpaired) electrons. The van der Waals surface area contributed by atoms with Crippen LogP contribution in [0.5, 0.6) is 5.75 Å². The van der Waals surface area contributed by atoms with Gasteiger partial charge in [-0.25, -0.2) is 13.4 Å². The number of fused-ring (bicyclic) bond motifs is 1. The molecule has 190 valence electrons. The number of alkyl halides is 3. The van der Waals surface area contributed by atoms with Gasteiger partial charge < -0.3 is 10.5 Å². The monoisotopic (exact) mass is 537 g/mol. The van der Waals surface area contributed by atoms with E-state index in [0.29, 0.717) is 26.7 Å². The summed E-state index contributed by atoms with van der Waals surface area (Å²) in [7, 11) is -3.26. The second-order valence-electron chi connectivity index (χ2n) is 8.37. The fraction of sp³-hybridized carbons (Fsp3) is 0.250. The van der Waals surface area contributed by atoms with Crippen molar-refractivity contribution in [3.63, 3.8) is 0 Å². The number of hydrogen-bond acceptors (Lipinski definition) is 6. The van der Waals surface area contributed by atoms with Crippen LogP contribution in [-0.4, -0.2) is 30.0 Å². The quantitative estimate of drug-likeness (QED) is 0.348. The van der Waals surface area contributed by atoms with Crippen molar-refractivity contribution in [1.82, 2.24) is 9.38 Å². The molecule has 7 nitrogen and oxygen atoms in total. The van der Waals surface area contributed by atoms with Crippen LogP contribution < -0.4 is 10.5 Å². The van der Waals surface area contributed by atoms with Gasteiger partial charge >= 0.3 is 6.18 Å². The molecule has 3 aromatic heterocycles. The van der Waals surface area contributed by atoms with Crippen LogP contribution in [0.3, 0.4) is 0 Å². The molecular formula is C24H22F3N3O4S2. The highest BCUT2D eigenvalue weighted by Gasteiger charge is 2.35. The number of primary amides is 1. The Morgan fingerprint density at radius 1 is 1.22 bits per heavy atom. The average molecular weight is 538 g/mol. The van der Waals surface area contributed by atoms with Crippen LogP contribution in [0.4, 0.5) is 13.2 Å². The van der Waals surface area contributed by atoms with Crippen molar-refractivity contribution in [2.75, 3.05) is 6.26 Å². The number of pyridine rings is 1. The molecule has 0 saturated carbocycles. The van der Waals surface area contributed by atoms with Crippen molar-refractivity contribution in [2.24, 2.45) is 5.73 Å². The molecular weight excluding hydrogens is 515 g/mol. The molecule has 0 spiro atoms. The van der Waals surface area contributed by atoms with Crippen LogP contribution in [0.2, 0.25) is 0 Å². The molecule has 12 heteroatoms. The van der Waals surface area contributed by atoms with Crippen LogP contribution in [0, 0.1) is 0 Å². The zero-order valence-corrected chi connectivity index (χ0v) is 20.9. The number of carbonyl (C=O) groups is 1. The first-order valence-electron chi connectivity index (χ1n) is 10.7. The molecule has 0 saturated heterocycles. The maximum absolute atomic E-state index is 13.5. The predicted molar refractivity (Wildman–Crippen MR) is 130 cm³/mol. The molecule has 3 heterocycles. The number of hydrogen-bond donors (Lipinski definition) is 1. The number of imidazole rings is 1. The summed E-state index contributed by atoms with van der Waals surface area (Å²) in [5.74, 6) is -0.534. The van der Waals surface area contributed by atoms with E-state index in [1.165, 1.54) is 36.5 Å². The number of thiophene rings is 1. The van der Waals surface area contributed by atoms with E-state index < -0.39 is 33.6 Å². The largest absolute Gasteiger partial charge is 0.485 e. The van der Waals surface area contributed by atoms with Crippen LogP contribution in [0.1, 0.15) is 34.6 Å². The summed E-state index contributed by atoms with van der Waals surface area (Å²) in [6, 6.07) is 10.1. The second kappa shape index (κ2) is 9.58. The molecule has 1 atom stereocenters. The lowest BCUT2D eigenvalue weighted by Crippen LogP contribution is -2.15. The Balaban J connectivity index is 1.74.